The van der Waals surface area contributed by atoms with Gasteiger partial charge >= 0.3 is 0 Å². The average molecular weight is 330 g/mol. The molecule has 0 saturated heterocycles. The van der Waals surface area contributed by atoms with Crippen LogP contribution in [0.25, 0.3) is 0 Å². The van der Waals surface area contributed by atoms with Crippen molar-refractivity contribution < 1.29 is 9.13 Å². The molecule has 0 aliphatic heterocycles. The van der Waals surface area contributed by atoms with Gasteiger partial charge in [-0.25, -0.2) is 4.39 Å². The molecule has 2 aromatic carbocycles. The van der Waals surface area contributed by atoms with Gasteiger partial charge in [-0.15, -0.1) is 11.6 Å². The molecule has 2 aromatic rings. The van der Waals surface area contributed by atoms with Crippen molar-refractivity contribution in [3.05, 3.63) is 57.8 Å². The van der Waals surface area contributed by atoms with Crippen LogP contribution in [0.2, 0.25) is 0 Å². The van der Waals surface area contributed by atoms with E-state index in [0.29, 0.717) is 17.1 Å². The lowest BCUT2D eigenvalue weighted by atomic mass is 10.2. The number of hydrogen-bond acceptors (Lipinski definition) is 1. The van der Waals surface area contributed by atoms with E-state index in [1.807, 2.05) is 25.1 Å². The summed E-state index contributed by atoms with van der Waals surface area (Å²) in [6.45, 7) is 1.98. The molecule has 0 radical (unpaired) electrons. The molecule has 94 valence electrons. The minimum Gasteiger partial charge on any atom is -0.457 e. The van der Waals surface area contributed by atoms with Crippen molar-refractivity contribution in [2.24, 2.45) is 0 Å². The van der Waals surface area contributed by atoms with E-state index in [2.05, 4.69) is 15.9 Å². The summed E-state index contributed by atoms with van der Waals surface area (Å²) in [5.74, 6) is 1.18. The maximum Gasteiger partial charge on any atom is 0.132 e. The Bertz CT molecular complexity index is 572. The molecule has 0 heterocycles. The minimum atomic E-state index is -0.315. The Morgan fingerprint density at radius 1 is 1.22 bits per heavy atom. The van der Waals surface area contributed by atoms with E-state index in [-0.39, 0.29) is 11.7 Å². The summed E-state index contributed by atoms with van der Waals surface area (Å²) in [5.41, 5.74) is 1.71. The lowest BCUT2D eigenvalue weighted by molar-refractivity contribution is 0.475. The van der Waals surface area contributed by atoms with Crippen LogP contribution in [0.1, 0.15) is 11.1 Å². The third-order valence-electron chi connectivity index (χ3n) is 2.52. The Labute approximate surface area is 119 Å². The van der Waals surface area contributed by atoms with E-state index in [1.54, 1.807) is 6.07 Å². The maximum absolute atomic E-state index is 13.1. The van der Waals surface area contributed by atoms with Crippen molar-refractivity contribution in [3.63, 3.8) is 0 Å². The Morgan fingerprint density at radius 2 is 2.00 bits per heavy atom. The number of hydrogen-bond donors (Lipinski definition) is 0. The zero-order valence-corrected chi connectivity index (χ0v) is 12.1. The van der Waals surface area contributed by atoms with E-state index in [9.17, 15) is 4.39 Å². The van der Waals surface area contributed by atoms with Crippen LogP contribution in [0, 0.1) is 12.7 Å². The summed E-state index contributed by atoms with van der Waals surface area (Å²) in [5, 5.41) is 0. The van der Waals surface area contributed by atoms with Gasteiger partial charge in [-0.3, -0.25) is 0 Å². The molecule has 1 nitrogen and oxygen atoms in total. The van der Waals surface area contributed by atoms with Crippen LogP contribution in [-0.4, -0.2) is 0 Å². The monoisotopic (exact) mass is 328 g/mol. The van der Waals surface area contributed by atoms with Gasteiger partial charge in [0.15, 0.2) is 0 Å². The second kappa shape index (κ2) is 5.72. The number of ether oxygens (including phenoxy) is 1. The molecule has 18 heavy (non-hydrogen) atoms. The standard InChI is InChI=1S/C14H11BrClFO/c1-9-6-12(3-4-13(9)15)18-14-5-2-11(17)7-10(14)8-16/h2-7H,8H2,1H3. The summed E-state index contributed by atoms with van der Waals surface area (Å²) in [4.78, 5) is 0. The van der Waals surface area contributed by atoms with Gasteiger partial charge in [0.05, 0.1) is 5.88 Å². The van der Waals surface area contributed by atoms with Crippen LogP contribution < -0.4 is 4.74 Å². The molecule has 0 spiro atoms. The molecule has 0 N–H and O–H groups in total. The predicted molar refractivity (Wildman–Crippen MR) is 74.9 cm³/mol. The number of alkyl halides is 1. The fourth-order valence-electron chi connectivity index (χ4n) is 1.56. The van der Waals surface area contributed by atoms with Crippen molar-refractivity contribution in [2.75, 3.05) is 0 Å². The van der Waals surface area contributed by atoms with Crippen molar-refractivity contribution in [3.8, 4) is 11.5 Å². The van der Waals surface area contributed by atoms with Crippen molar-refractivity contribution in [2.45, 2.75) is 12.8 Å². The summed E-state index contributed by atoms with van der Waals surface area (Å²) < 4.78 is 19.8. The van der Waals surface area contributed by atoms with Gasteiger partial charge in [-0.2, -0.15) is 0 Å². The molecule has 0 aromatic heterocycles. The van der Waals surface area contributed by atoms with Gasteiger partial charge in [-0.1, -0.05) is 15.9 Å². The molecule has 0 atom stereocenters. The lowest BCUT2D eigenvalue weighted by Crippen LogP contribution is -1.91. The SMILES string of the molecule is Cc1cc(Oc2ccc(F)cc2CCl)ccc1Br. The van der Waals surface area contributed by atoms with Gasteiger partial charge in [0.25, 0.3) is 0 Å². The number of halogens is 3. The highest BCUT2D eigenvalue weighted by Crippen LogP contribution is 2.29. The van der Waals surface area contributed by atoms with E-state index in [4.69, 9.17) is 16.3 Å². The Kier molecular flexibility index (Phi) is 4.25. The topological polar surface area (TPSA) is 9.23 Å². The molecule has 0 fully saturated rings. The van der Waals surface area contributed by atoms with Crippen LogP contribution in [-0.2, 0) is 5.88 Å². The first-order valence-corrected chi connectivity index (χ1v) is 6.71. The third-order valence-corrected chi connectivity index (χ3v) is 3.70. The highest BCUT2D eigenvalue weighted by molar-refractivity contribution is 9.10. The molecule has 0 amide bonds. The maximum atomic E-state index is 13.1. The Morgan fingerprint density at radius 3 is 2.67 bits per heavy atom. The van der Waals surface area contributed by atoms with Crippen LogP contribution >= 0.6 is 27.5 Å². The zero-order chi connectivity index (χ0) is 13.1. The summed E-state index contributed by atoms with van der Waals surface area (Å²) >= 11 is 9.20. The predicted octanol–water partition coefficient (Wildman–Crippen LogP) is 5.43. The molecular formula is C14H11BrClFO. The van der Waals surface area contributed by atoms with Gasteiger partial charge in [0, 0.05) is 10.0 Å². The van der Waals surface area contributed by atoms with Crippen molar-refractivity contribution in [1.82, 2.24) is 0 Å². The Balaban J connectivity index is 2.30. The normalized spacial score (nSPS) is 10.4. The summed E-state index contributed by atoms with van der Waals surface area (Å²) in [6.07, 6.45) is 0. The second-order valence-corrected chi connectivity index (χ2v) is 5.02. The Hall–Kier alpha value is -1.06. The first kappa shape index (κ1) is 13.4. The van der Waals surface area contributed by atoms with E-state index in [0.717, 1.165) is 10.0 Å². The first-order chi connectivity index (χ1) is 8.60. The number of aryl methyl sites for hydroxylation is 1. The van der Waals surface area contributed by atoms with Crippen molar-refractivity contribution in [1.29, 1.82) is 0 Å². The largest absolute Gasteiger partial charge is 0.457 e. The quantitative estimate of drug-likeness (QED) is 0.682. The number of benzene rings is 2. The molecule has 4 heteroatoms. The molecule has 0 aliphatic carbocycles. The molecule has 0 saturated carbocycles. The van der Waals surface area contributed by atoms with Gasteiger partial charge in [-0.05, 0) is 48.9 Å². The first-order valence-electron chi connectivity index (χ1n) is 5.38. The molecule has 0 aliphatic rings. The lowest BCUT2D eigenvalue weighted by Gasteiger charge is -2.10. The van der Waals surface area contributed by atoms with Crippen LogP contribution in [0.4, 0.5) is 4.39 Å². The molecule has 2 rings (SSSR count). The summed E-state index contributed by atoms with van der Waals surface area (Å²) in [6, 6.07) is 9.99. The molecule has 0 unspecified atom stereocenters. The number of rotatable bonds is 3. The van der Waals surface area contributed by atoms with Gasteiger partial charge in [0.1, 0.15) is 17.3 Å². The summed E-state index contributed by atoms with van der Waals surface area (Å²) in [7, 11) is 0. The van der Waals surface area contributed by atoms with E-state index in [1.165, 1.54) is 12.1 Å². The van der Waals surface area contributed by atoms with Crippen LogP contribution in [0.15, 0.2) is 40.9 Å². The molecule has 0 bridgehead atoms. The smallest absolute Gasteiger partial charge is 0.132 e. The van der Waals surface area contributed by atoms with Gasteiger partial charge in [0.2, 0.25) is 0 Å². The van der Waals surface area contributed by atoms with Gasteiger partial charge < -0.3 is 4.74 Å². The van der Waals surface area contributed by atoms with E-state index < -0.39 is 0 Å². The fraction of sp³-hybridized carbons (Fsp3) is 0.143. The highest BCUT2D eigenvalue weighted by atomic mass is 79.9. The average Bonchev–Trinajstić information content (AvgIpc) is 2.36. The van der Waals surface area contributed by atoms with Crippen LogP contribution in [0.3, 0.4) is 0 Å². The highest BCUT2D eigenvalue weighted by Gasteiger charge is 2.06. The minimum absolute atomic E-state index is 0.211. The van der Waals surface area contributed by atoms with Crippen LogP contribution in [0.5, 0.6) is 11.5 Å². The molecular weight excluding hydrogens is 319 g/mol. The van der Waals surface area contributed by atoms with E-state index >= 15 is 0 Å². The third kappa shape index (κ3) is 3.03. The van der Waals surface area contributed by atoms with Crippen molar-refractivity contribution >= 4 is 27.5 Å². The second-order valence-electron chi connectivity index (χ2n) is 3.90. The zero-order valence-electron chi connectivity index (χ0n) is 9.71. The fourth-order valence-corrected chi connectivity index (χ4v) is 2.02.